The van der Waals surface area contributed by atoms with Crippen LogP contribution in [-0.4, -0.2) is 21.0 Å². The lowest BCUT2D eigenvalue weighted by Gasteiger charge is -2.03. The van der Waals surface area contributed by atoms with Gasteiger partial charge in [-0.15, -0.1) is 10.2 Å². The number of aryl methyl sites for hydroxylation is 2. The van der Waals surface area contributed by atoms with Crippen molar-refractivity contribution in [3.05, 3.63) is 47.3 Å². The summed E-state index contributed by atoms with van der Waals surface area (Å²) in [4.78, 5) is 12.9. The van der Waals surface area contributed by atoms with Gasteiger partial charge in [0.05, 0.1) is 11.9 Å². The largest absolute Gasteiger partial charge is 0.272 e. The van der Waals surface area contributed by atoms with Crippen LogP contribution in [-0.2, 0) is 0 Å². The molecule has 0 fully saturated rings. The molecule has 2 rings (SSSR count). The molecule has 0 aliphatic rings. The van der Waals surface area contributed by atoms with E-state index in [9.17, 15) is 4.79 Å². The summed E-state index contributed by atoms with van der Waals surface area (Å²) in [6, 6.07) is 7.34. The highest BCUT2D eigenvalue weighted by molar-refractivity contribution is 5.99. The molecule has 0 saturated heterocycles. The lowest BCUT2D eigenvalue weighted by atomic mass is 10.1. The van der Waals surface area contributed by atoms with Gasteiger partial charge in [-0.25, -0.2) is 5.43 Å². The van der Waals surface area contributed by atoms with E-state index in [1.165, 1.54) is 4.91 Å². The molecular formula is C11H12N4O. The minimum atomic E-state index is -0.223. The fourth-order valence-corrected chi connectivity index (χ4v) is 1.33. The monoisotopic (exact) mass is 216 g/mol. The second-order valence-corrected chi connectivity index (χ2v) is 3.59. The van der Waals surface area contributed by atoms with E-state index in [4.69, 9.17) is 0 Å². The van der Waals surface area contributed by atoms with Crippen LogP contribution < -0.4 is 5.43 Å². The third-order valence-electron chi connectivity index (χ3n) is 2.09. The molecule has 5 nitrogen and oxygen atoms in total. The number of amides is 1. The number of nitrogens with one attached hydrogen (secondary N) is 1. The highest BCUT2D eigenvalue weighted by atomic mass is 16.2. The van der Waals surface area contributed by atoms with Crippen LogP contribution in [0.4, 0.5) is 0 Å². The van der Waals surface area contributed by atoms with Gasteiger partial charge in [0.1, 0.15) is 0 Å². The summed E-state index contributed by atoms with van der Waals surface area (Å²) < 4.78 is 0. The van der Waals surface area contributed by atoms with Crippen LogP contribution in [0.1, 0.15) is 21.6 Å². The minimum Gasteiger partial charge on any atom is -0.267 e. The van der Waals surface area contributed by atoms with Gasteiger partial charge in [-0.05, 0) is 26.0 Å². The number of hydrogen-bond acceptors (Lipinski definition) is 3. The molecule has 0 spiro atoms. The number of hydrogen-bond donors (Lipinski definition) is 1. The predicted octanol–water partition coefficient (Wildman–Crippen LogP) is 1.28. The molecule has 1 aromatic carbocycles. The molecule has 1 amide bonds. The SMILES string of the molecule is Cc1cccc(C(=O)Nn2ncc(C)n2)c1. The van der Waals surface area contributed by atoms with Crippen LogP contribution in [0, 0.1) is 13.8 Å². The third-order valence-corrected chi connectivity index (χ3v) is 2.09. The van der Waals surface area contributed by atoms with E-state index in [0.29, 0.717) is 5.56 Å². The normalized spacial score (nSPS) is 10.1. The zero-order valence-corrected chi connectivity index (χ0v) is 9.14. The van der Waals surface area contributed by atoms with Crippen LogP contribution in [0.25, 0.3) is 0 Å². The van der Waals surface area contributed by atoms with Crippen molar-refractivity contribution in [1.82, 2.24) is 15.1 Å². The van der Waals surface area contributed by atoms with Crippen molar-refractivity contribution in [3.8, 4) is 0 Å². The molecule has 0 unspecified atom stereocenters. The molecule has 0 aliphatic heterocycles. The van der Waals surface area contributed by atoms with Crippen LogP contribution in [0.3, 0.4) is 0 Å². The molecule has 82 valence electrons. The number of carbonyl (C=O) groups is 1. The van der Waals surface area contributed by atoms with Gasteiger partial charge in [-0.3, -0.25) is 4.79 Å². The van der Waals surface area contributed by atoms with Crippen molar-refractivity contribution in [2.75, 3.05) is 5.43 Å². The Morgan fingerprint density at radius 2 is 2.19 bits per heavy atom. The van der Waals surface area contributed by atoms with E-state index < -0.39 is 0 Å². The average Bonchev–Trinajstić information content (AvgIpc) is 2.64. The van der Waals surface area contributed by atoms with Gasteiger partial charge < -0.3 is 0 Å². The maximum Gasteiger partial charge on any atom is 0.272 e. The van der Waals surface area contributed by atoms with Crippen molar-refractivity contribution in [2.45, 2.75) is 13.8 Å². The molecule has 5 heteroatoms. The number of carbonyl (C=O) groups excluding carboxylic acids is 1. The van der Waals surface area contributed by atoms with Crippen molar-refractivity contribution < 1.29 is 4.79 Å². The topological polar surface area (TPSA) is 59.8 Å². The van der Waals surface area contributed by atoms with Crippen molar-refractivity contribution in [3.63, 3.8) is 0 Å². The highest BCUT2D eigenvalue weighted by Crippen LogP contribution is 2.03. The summed E-state index contributed by atoms with van der Waals surface area (Å²) in [7, 11) is 0. The maximum absolute atomic E-state index is 11.8. The minimum absolute atomic E-state index is 0.223. The Kier molecular flexibility index (Phi) is 2.68. The fraction of sp³-hybridized carbons (Fsp3) is 0.182. The molecule has 0 radical (unpaired) electrons. The summed E-state index contributed by atoms with van der Waals surface area (Å²) in [6.07, 6.45) is 1.58. The Bertz CT molecular complexity index is 518. The van der Waals surface area contributed by atoms with E-state index in [0.717, 1.165) is 11.3 Å². The number of aromatic nitrogens is 3. The van der Waals surface area contributed by atoms with Gasteiger partial charge in [-0.1, -0.05) is 22.6 Å². The first-order chi connectivity index (χ1) is 7.65. The van der Waals surface area contributed by atoms with Crippen molar-refractivity contribution >= 4 is 5.91 Å². The molecule has 0 saturated carbocycles. The van der Waals surface area contributed by atoms with E-state index in [2.05, 4.69) is 15.6 Å². The fourth-order valence-electron chi connectivity index (χ4n) is 1.33. The zero-order chi connectivity index (χ0) is 11.5. The molecule has 0 atom stereocenters. The van der Waals surface area contributed by atoms with Gasteiger partial charge in [0.2, 0.25) is 0 Å². The molecule has 1 heterocycles. The zero-order valence-electron chi connectivity index (χ0n) is 9.14. The molecule has 1 N–H and O–H groups in total. The Balaban J connectivity index is 2.14. The Morgan fingerprint density at radius 3 is 2.81 bits per heavy atom. The van der Waals surface area contributed by atoms with Crippen molar-refractivity contribution in [2.24, 2.45) is 0 Å². The summed E-state index contributed by atoms with van der Waals surface area (Å²) in [5.41, 5.74) is 4.95. The van der Waals surface area contributed by atoms with Gasteiger partial charge in [0.15, 0.2) is 0 Å². The number of benzene rings is 1. The van der Waals surface area contributed by atoms with Gasteiger partial charge in [0.25, 0.3) is 5.91 Å². The van der Waals surface area contributed by atoms with Gasteiger partial charge in [0, 0.05) is 5.56 Å². The maximum atomic E-state index is 11.8. The first-order valence-electron chi connectivity index (χ1n) is 4.92. The Labute approximate surface area is 93.1 Å². The standard InChI is InChI=1S/C11H12N4O/c1-8-4-3-5-10(6-8)11(16)14-15-12-7-9(2)13-15/h3-7H,1-2H3,(H,14,16). The molecule has 0 bridgehead atoms. The molecule has 16 heavy (non-hydrogen) atoms. The van der Waals surface area contributed by atoms with E-state index in [1.807, 2.05) is 32.0 Å². The average molecular weight is 216 g/mol. The summed E-state index contributed by atoms with van der Waals surface area (Å²) in [6.45, 7) is 3.75. The summed E-state index contributed by atoms with van der Waals surface area (Å²) >= 11 is 0. The lowest BCUT2D eigenvalue weighted by molar-refractivity contribution is 0.100. The van der Waals surface area contributed by atoms with Crippen LogP contribution in [0.5, 0.6) is 0 Å². The van der Waals surface area contributed by atoms with E-state index in [1.54, 1.807) is 12.3 Å². The highest BCUT2D eigenvalue weighted by Gasteiger charge is 2.06. The quantitative estimate of drug-likeness (QED) is 0.822. The second-order valence-electron chi connectivity index (χ2n) is 3.59. The lowest BCUT2D eigenvalue weighted by Crippen LogP contribution is -2.25. The van der Waals surface area contributed by atoms with E-state index in [-0.39, 0.29) is 5.91 Å². The summed E-state index contributed by atoms with van der Waals surface area (Å²) in [5.74, 6) is -0.223. The first-order valence-corrected chi connectivity index (χ1v) is 4.92. The second kappa shape index (κ2) is 4.14. The molecule has 0 aliphatic carbocycles. The van der Waals surface area contributed by atoms with Crippen LogP contribution >= 0.6 is 0 Å². The van der Waals surface area contributed by atoms with Crippen molar-refractivity contribution in [1.29, 1.82) is 0 Å². The molecule has 2 aromatic rings. The van der Waals surface area contributed by atoms with Crippen LogP contribution in [0.2, 0.25) is 0 Å². The predicted molar refractivity (Wildman–Crippen MR) is 59.6 cm³/mol. The summed E-state index contributed by atoms with van der Waals surface area (Å²) in [5, 5.41) is 7.85. The van der Waals surface area contributed by atoms with Gasteiger partial charge in [-0.2, -0.15) is 0 Å². The first kappa shape index (κ1) is 10.4. The smallest absolute Gasteiger partial charge is 0.267 e. The van der Waals surface area contributed by atoms with Gasteiger partial charge >= 0.3 is 0 Å². The Hall–Kier alpha value is -2.17. The molecule has 1 aromatic heterocycles. The Morgan fingerprint density at radius 1 is 1.38 bits per heavy atom. The van der Waals surface area contributed by atoms with Crippen LogP contribution in [0.15, 0.2) is 30.5 Å². The number of rotatable bonds is 2. The van der Waals surface area contributed by atoms with E-state index >= 15 is 0 Å². The molecular weight excluding hydrogens is 204 g/mol. The number of nitrogens with zero attached hydrogens (tertiary/aromatic N) is 3. The third kappa shape index (κ3) is 2.25.